The van der Waals surface area contributed by atoms with E-state index >= 15 is 0 Å². The summed E-state index contributed by atoms with van der Waals surface area (Å²) in [4.78, 5) is 36.6. The standard InChI is InChI=1S/C12H11N3O5S/c1-4-8(9(5-2)20-7(3)16)11(17)14-12-13-6-10(21-12)15(18)19/h4-6H,1-2H2,3H3,(H,13,14,17)/b9-8-. The Morgan fingerprint density at radius 2 is 2.14 bits per heavy atom. The molecule has 1 aromatic heterocycles. The normalized spacial score (nSPS) is 11.1. The van der Waals surface area contributed by atoms with Crippen LogP contribution in [-0.2, 0) is 14.3 Å². The lowest BCUT2D eigenvalue weighted by Crippen LogP contribution is -2.16. The molecule has 21 heavy (non-hydrogen) atoms. The zero-order valence-corrected chi connectivity index (χ0v) is 11.8. The lowest BCUT2D eigenvalue weighted by atomic mass is 10.2. The summed E-state index contributed by atoms with van der Waals surface area (Å²) in [5.41, 5.74) is -0.0435. The van der Waals surface area contributed by atoms with Crippen molar-refractivity contribution in [2.75, 3.05) is 5.32 Å². The molecule has 110 valence electrons. The van der Waals surface area contributed by atoms with E-state index in [1.165, 1.54) is 19.1 Å². The second-order valence-corrected chi connectivity index (χ2v) is 4.50. The molecular weight excluding hydrogens is 298 g/mol. The van der Waals surface area contributed by atoms with Gasteiger partial charge < -0.3 is 4.74 Å². The molecule has 0 radical (unpaired) electrons. The number of thiazole rings is 1. The third-order valence-corrected chi connectivity index (χ3v) is 2.91. The number of ether oxygens (including phenoxy) is 1. The number of aromatic nitrogens is 1. The van der Waals surface area contributed by atoms with Gasteiger partial charge in [0, 0.05) is 6.92 Å². The van der Waals surface area contributed by atoms with Crippen molar-refractivity contribution in [3.63, 3.8) is 0 Å². The van der Waals surface area contributed by atoms with Crippen molar-refractivity contribution in [2.24, 2.45) is 0 Å². The Bertz CT molecular complexity index is 647. The first-order valence-corrected chi connectivity index (χ1v) is 6.29. The molecule has 1 amide bonds. The molecule has 0 spiro atoms. The van der Waals surface area contributed by atoms with Gasteiger partial charge in [0.1, 0.15) is 12.0 Å². The van der Waals surface area contributed by atoms with Crippen molar-refractivity contribution >= 4 is 33.3 Å². The molecule has 9 heteroatoms. The SMILES string of the molecule is C=C/C(OC(C)=O)=C(\C=C)C(=O)Nc1ncc([N+](=O)[O-])s1. The third-order valence-electron chi connectivity index (χ3n) is 2.05. The molecule has 1 rings (SSSR count). The number of hydrogen-bond donors (Lipinski definition) is 1. The first-order valence-electron chi connectivity index (χ1n) is 5.48. The number of anilines is 1. The second kappa shape index (κ2) is 7.10. The minimum atomic E-state index is -0.676. The van der Waals surface area contributed by atoms with Crippen molar-refractivity contribution in [2.45, 2.75) is 6.92 Å². The molecule has 0 saturated carbocycles. The highest BCUT2D eigenvalue weighted by molar-refractivity contribution is 7.18. The average molecular weight is 309 g/mol. The average Bonchev–Trinajstić information content (AvgIpc) is 2.86. The van der Waals surface area contributed by atoms with Gasteiger partial charge in [-0.2, -0.15) is 0 Å². The van der Waals surface area contributed by atoms with E-state index in [4.69, 9.17) is 4.74 Å². The van der Waals surface area contributed by atoms with Gasteiger partial charge in [0.05, 0.1) is 10.5 Å². The van der Waals surface area contributed by atoms with E-state index in [-0.39, 0.29) is 21.5 Å². The summed E-state index contributed by atoms with van der Waals surface area (Å²) in [7, 11) is 0. The zero-order chi connectivity index (χ0) is 16.0. The van der Waals surface area contributed by atoms with Crippen molar-refractivity contribution in [1.29, 1.82) is 0 Å². The molecule has 1 aromatic rings. The molecule has 0 aliphatic rings. The van der Waals surface area contributed by atoms with Crippen LogP contribution in [0, 0.1) is 10.1 Å². The van der Waals surface area contributed by atoms with E-state index in [0.29, 0.717) is 11.3 Å². The largest absolute Gasteiger partial charge is 0.426 e. The van der Waals surface area contributed by atoms with E-state index in [1.54, 1.807) is 0 Å². The van der Waals surface area contributed by atoms with E-state index in [2.05, 4.69) is 23.5 Å². The minimum Gasteiger partial charge on any atom is -0.426 e. The molecule has 8 nitrogen and oxygen atoms in total. The highest BCUT2D eigenvalue weighted by atomic mass is 32.1. The van der Waals surface area contributed by atoms with E-state index in [1.807, 2.05) is 0 Å². The monoisotopic (exact) mass is 309 g/mol. The summed E-state index contributed by atoms with van der Waals surface area (Å²) in [6, 6.07) is 0. The number of allylic oxidation sites excluding steroid dienone is 1. The summed E-state index contributed by atoms with van der Waals surface area (Å²) in [6.45, 7) is 8.06. The lowest BCUT2D eigenvalue weighted by molar-refractivity contribution is -0.380. The second-order valence-electron chi connectivity index (χ2n) is 3.49. The van der Waals surface area contributed by atoms with Crippen molar-refractivity contribution in [3.8, 4) is 0 Å². The van der Waals surface area contributed by atoms with Crippen molar-refractivity contribution in [1.82, 2.24) is 4.98 Å². The van der Waals surface area contributed by atoms with Crippen molar-refractivity contribution in [3.05, 3.63) is 53.0 Å². The van der Waals surface area contributed by atoms with Crippen LogP contribution in [0.5, 0.6) is 0 Å². The molecule has 0 bridgehead atoms. The summed E-state index contributed by atoms with van der Waals surface area (Å²) in [5, 5.41) is 12.7. The number of nitrogens with one attached hydrogen (secondary N) is 1. The van der Waals surface area contributed by atoms with Gasteiger partial charge in [-0.05, 0) is 17.4 Å². The molecular formula is C12H11N3O5S. The number of carbonyl (C=O) groups excluding carboxylic acids is 2. The van der Waals surface area contributed by atoms with Crippen LogP contribution < -0.4 is 5.32 Å². The number of amides is 1. The Morgan fingerprint density at radius 1 is 1.48 bits per heavy atom. The third kappa shape index (κ3) is 4.35. The highest BCUT2D eigenvalue weighted by Crippen LogP contribution is 2.25. The predicted molar refractivity (Wildman–Crippen MR) is 76.6 cm³/mol. The van der Waals surface area contributed by atoms with Crippen LogP contribution in [0.15, 0.2) is 42.8 Å². The summed E-state index contributed by atoms with van der Waals surface area (Å²) in [6.07, 6.45) is 3.39. The number of hydrogen-bond acceptors (Lipinski definition) is 7. The summed E-state index contributed by atoms with van der Waals surface area (Å²) >= 11 is 0.698. The van der Waals surface area contributed by atoms with Crippen LogP contribution in [0.1, 0.15) is 6.92 Å². The van der Waals surface area contributed by atoms with Crippen LogP contribution in [-0.4, -0.2) is 21.8 Å². The first kappa shape index (κ1) is 16.2. The number of esters is 1. The smallest absolute Gasteiger partial charge is 0.345 e. The fourth-order valence-electron chi connectivity index (χ4n) is 1.24. The summed E-state index contributed by atoms with van der Waals surface area (Å²) in [5.74, 6) is -1.37. The molecule has 0 fully saturated rings. The molecule has 0 atom stereocenters. The van der Waals surface area contributed by atoms with Gasteiger partial charge in [0.15, 0.2) is 5.13 Å². The Balaban J connectivity index is 2.99. The number of nitro groups is 1. The Labute approximate surface area is 123 Å². The lowest BCUT2D eigenvalue weighted by Gasteiger charge is -2.07. The maximum atomic E-state index is 12.0. The van der Waals surface area contributed by atoms with E-state index in [0.717, 1.165) is 6.20 Å². The van der Waals surface area contributed by atoms with Crippen LogP contribution >= 0.6 is 11.3 Å². The summed E-state index contributed by atoms with van der Waals surface area (Å²) < 4.78 is 4.82. The molecule has 1 heterocycles. The van der Waals surface area contributed by atoms with Crippen LogP contribution in [0.25, 0.3) is 0 Å². The van der Waals surface area contributed by atoms with Gasteiger partial charge in [-0.15, -0.1) is 0 Å². The van der Waals surface area contributed by atoms with Gasteiger partial charge in [0.25, 0.3) is 5.91 Å². The van der Waals surface area contributed by atoms with Crippen LogP contribution in [0.2, 0.25) is 0 Å². The Hall–Kier alpha value is -2.81. The molecule has 0 saturated heterocycles. The Kier molecular flexibility index (Phi) is 5.49. The number of rotatable bonds is 6. The van der Waals surface area contributed by atoms with Gasteiger partial charge >= 0.3 is 11.0 Å². The fraction of sp³-hybridized carbons (Fsp3) is 0.0833. The van der Waals surface area contributed by atoms with Gasteiger partial charge in [-0.1, -0.05) is 19.2 Å². The van der Waals surface area contributed by atoms with Crippen LogP contribution in [0.4, 0.5) is 10.1 Å². The fourth-order valence-corrected chi connectivity index (χ4v) is 1.87. The molecule has 1 N–H and O–H groups in total. The Morgan fingerprint density at radius 3 is 2.57 bits per heavy atom. The van der Waals surface area contributed by atoms with E-state index in [9.17, 15) is 19.7 Å². The topological polar surface area (TPSA) is 111 Å². The predicted octanol–water partition coefficient (Wildman–Crippen LogP) is 2.18. The maximum Gasteiger partial charge on any atom is 0.345 e. The number of carbonyl (C=O) groups is 2. The van der Waals surface area contributed by atoms with Gasteiger partial charge in [-0.25, -0.2) is 4.98 Å². The van der Waals surface area contributed by atoms with E-state index < -0.39 is 16.8 Å². The number of nitrogens with zero attached hydrogens (tertiary/aromatic N) is 2. The molecule has 0 aliphatic heterocycles. The quantitative estimate of drug-likeness (QED) is 0.215. The van der Waals surface area contributed by atoms with Gasteiger partial charge in [-0.3, -0.25) is 25.0 Å². The molecule has 0 unspecified atom stereocenters. The highest BCUT2D eigenvalue weighted by Gasteiger charge is 2.17. The van der Waals surface area contributed by atoms with Crippen LogP contribution in [0.3, 0.4) is 0 Å². The minimum absolute atomic E-state index is 0.0392. The maximum absolute atomic E-state index is 12.0. The molecule has 0 aliphatic carbocycles. The van der Waals surface area contributed by atoms with Gasteiger partial charge in [0.2, 0.25) is 0 Å². The van der Waals surface area contributed by atoms with Crippen molar-refractivity contribution < 1.29 is 19.2 Å². The molecule has 0 aromatic carbocycles. The first-order chi connectivity index (χ1) is 9.88. The zero-order valence-electron chi connectivity index (χ0n) is 11.0.